The van der Waals surface area contributed by atoms with Gasteiger partial charge in [-0.3, -0.25) is 13.9 Å². The van der Waals surface area contributed by atoms with Crippen molar-refractivity contribution in [2.45, 2.75) is 46.3 Å². The van der Waals surface area contributed by atoms with Crippen LogP contribution in [0.5, 0.6) is 6.01 Å². The number of morpholine rings is 1. The average molecular weight is 519 g/mol. The van der Waals surface area contributed by atoms with Crippen molar-refractivity contribution in [2.75, 3.05) is 37.7 Å². The first kappa shape index (κ1) is 24.6. The van der Waals surface area contributed by atoms with Gasteiger partial charge in [-0.25, -0.2) is 4.98 Å². The van der Waals surface area contributed by atoms with Gasteiger partial charge in [0.05, 0.1) is 36.8 Å². The highest BCUT2D eigenvalue weighted by Crippen LogP contribution is 2.32. The first-order chi connectivity index (χ1) is 18.4. The van der Waals surface area contributed by atoms with E-state index in [1.807, 2.05) is 66.1 Å². The number of carbonyl (C=O) groups excluding carboxylic acids is 1. The SMILES string of the molecule is CCc1nc2ccccc2n1-c1nc(N2CCOCC2)c2nc(OC3CN(C(=O)C(C)C)C3C)n(C)c2n1. The van der Waals surface area contributed by atoms with Gasteiger partial charge in [0.1, 0.15) is 11.9 Å². The Kier molecular flexibility index (Phi) is 6.17. The normalized spacial score (nSPS) is 19.9. The lowest BCUT2D eigenvalue weighted by molar-refractivity contribution is -0.150. The van der Waals surface area contributed by atoms with E-state index in [1.165, 1.54) is 0 Å². The molecule has 6 rings (SSSR count). The smallest absolute Gasteiger partial charge is 0.298 e. The van der Waals surface area contributed by atoms with Gasteiger partial charge < -0.3 is 19.3 Å². The number of ether oxygens (including phenoxy) is 2. The third-order valence-corrected chi connectivity index (χ3v) is 7.54. The highest BCUT2D eigenvalue weighted by atomic mass is 16.5. The van der Waals surface area contributed by atoms with Gasteiger partial charge in [-0.15, -0.1) is 0 Å². The molecule has 0 saturated carbocycles. The van der Waals surface area contributed by atoms with Gasteiger partial charge in [0, 0.05) is 32.5 Å². The van der Waals surface area contributed by atoms with Crippen molar-refractivity contribution in [2.24, 2.45) is 13.0 Å². The number of hydrogen-bond acceptors (Lipinski definition) is 8. The van der Waals surface area contributed by atoms with Crippen molar-refractivity contribution in [3.05, 3.63) is 30.1 Å². The van der Waals surface area contributed by atoms with Crippen molar-refractivity contribution < 1.29 is 14.3 Å². The zero-order valence-corrected chi connectivity index (χ0v) is 22.6. The molecule has 0 aliphatic carbocycles. The third-order valence-electron chi connectivity index (χ3n) is 7.54. The van der Waals surface area contributed by atoms with E-state index in [-0.39, 0.29) is 24.0 Å². The Morgan fingerprint density at radius 1 is 1.13 bits per heavy atom. The van der Waals surface area contributed by atoms with E-state index in [2.05, 4.69) is 11.8 Å². The minimum atomic E-state index is -0.128. The van der Waals surface area contributed by atoms with Gasteiger partial charge in [0.2, 0.25) is 11.9 Å². The van der Waals surface area contributed by atoms with Gasteiger partial charge in [0.15, 0.2) is 17.0 Å². The molecular formula is C27H34N8O3. The number of anilines is 1. The monoisotopic (exact) mass is 518 g/mol. The number of hydrogen-bond donors (Lipinski definition) is 0. The lowest BCUT2D eigenvalue weighted by Gasteiger charge is -2.46. The van der Waals surface area contributed by atoms with E-state index in [9.17, 15) is 4.79 Å². The fourth-order valence-electron chi connectivity index (χ4n) is 5.22. The van der Waals surface area contributed by atoms with Crippen LogP contribution in [0.1, 0.15) is 33.5 Å². The van der Waals surface area contributed by atoms with Crippen LogP contribution in [0.25, 0.3) is 28.1 Å². The molecule has 0 bridgehead atoms. The summed E-state index contributed by atoms with van der Waals surface area (Å²) in [5, 5.41) is 0. The zero-order chi connectivity index (χ0) is 26.6. The van der Waals surface area contributed by atoms with Crippen LogP contribution in [-0.4, -0.2) is 84.9 Å². The Morgan fingerprint density at radius 3 is 2.61 bits per heavy atom. The zero-order valence-electron chi connectivity index (χ0n) is 22.6. The molecule has 0 spiro atoms. The van der Waals surface area contributed by atoms with E-state index in [0.717, 1.165) is 42.2 Å². The number of imidazole rings is 2. The number of aromatic nitrogens is 6. The largest absolute Gasteiger partial charge is 0.457 e. The Bertz CT molecular complexity index is 1500. The number of aryl methyl sites for hydroxylation is 2. The Labute approximate surface area is 221 Å². The lowest BCUT2D eigenvalue weighted by Crippen LogP contribution is -2.63. The van der Waals surface area contributed by atoms with E-state index in [0.29, 0.717) is 42.9 Å². The molecule has 2 fully saturated rings. The molecule has 2 aliphatic heterocycles. The van der Waals surface area contributed by atoms with Crippen LogP contribution in [0.4, 0.5) is 5.82 Å². The number of fused-ring (bicyclic) bond motifs is 2. The number of rotatable bonds is 6. The molecule has 200 valence electrons. The van der Waals surface area contributed by atoms with Gasteiger partial charge in [-0.2, -0.15) is 15.0 Å². The number of amides is 1. The summed E-state index contributed by atoms with van der Waals surface area (Å²) in [5.41, 5.74) is 3.26. The first-order valence-corrected chi connectivity index (χ1v) is 13.4. The van der Waals surface area contributed by atoms with Crippen LogP contribution in [0, 0.1) is 5.92 Å². The first-order valence-electron chi connectivity index (χ1n) is 13.4. The van der Waals surface area contributed by atoms with Gasteiger partial charge >= 0.3 is 0 Å². The molecule has 2 unspecified atom stereocenters. The summed E-state index contributed by atoms with van der Waals surface area (Å²) in [7, 11) is 1.91. The molecular weight excluding hydrogens is 484 g/mol. The minimum absolute atomic E-state index is 0.0190. The molecule has 11 nitrogen and oxygen atoms in total. The number of carbonyl (C=O) groups is 1. The van der Waals surface area contributed by atoms with E-state index in [1.54, 1.807) is 0 Å². The maximum atomic E-state index is 12.5. The maximum absolute atomic E-state index is 12.5. The van der Waals surface area contributed by atoms with Crippen molar-refractivity contribution in [1.82, 2.24) is 34.0 Å². The molecule has 3 aromatic heterocycles. The standard InChI is InChI=1S/C27H34N8O3/c1-6-21-28-18-9-7-8-10-19(18)35(21)26-30-23-22(24(31-26)33-11-13-37-14-12-33)29-27(32(23)5)38-20-15-34(17(20)4)25(36)16(2)3/h7-10,16-17,20H,6,11-15H2,1-5H3. The summed E-state index contributed by atoms with van der Waals surface area (Å²) in [5.74, 6) is 2.33. The van der Waals surface area contributed by atoms with Crippen LogP contribution in [0.3, 0.4) is 0 Å². The molecule has 5 heterocycles. The van der Waals surface area contributed by atoms with E-state index >= 15 is 0 Å². The van der Waals surface area contributed by atoms with Crippen molar-refractivity contribution in [3.8, 4) is 12.0 Å². The lowest BCUT2D eigenvalue weighted by atomic mass is 9.98. The Morgan fingerprint density at radius 2 is 1.89 bits per heavy atom. The molecule has 1 amide bonds. The van der Waals surface area contributed by atoms with E-state index < -0.39 is 0 Å². The molecule has 38 heavy (non-hydrogen) atoms. The third kappa shape index (κ3) is 3.96. The number of nitrogens with zero attached hydrogens (tertiary/aromatic N) is 8. The molecule has 1 aromatic carbocycles. The summed E-state index contributed by atoms with van der Waals surface area (Å²) in [6.45, 7) is 11.2. The Balaban J connectivity index is 1.44. The molecule has 2 atom stereocenters. The number of benzene rings is 1. The van der Waals surface area contributed by atoms with Crippen molar-refractivity contribution in [1.29, 1.82) is 0 Å². The molecule has 0 radical (unpaired) electrons. The van der Waals surface area contributed by atoms with Crippen LogP contribution >= 0.6 is 0 Å². The van der Waals surface area contributed by atoms with Crippen molar-refractivity contribution >= 4 is 33.9 Å². The second kappa shape index (κ2) is 9.54. The summed E-state index contributed by atoms with van der Waals surface area (Å²) in [6.07, 6.45) is 0.616. The number of likely N-dealkylation sites (tertiary alicyclic amines) is 1. The predicted octanol–water partition coefficient (Wildman–Crippen LogP) is 2.74. The van der Waals surface area contributed by atoms with Crippen LogP contribution in [0.15, 0.2) is 24.3 Å². The molecule has 11 heteroatoms. The summed E-state index contributed by atoms with van der Waals surface area (Å²) in [6, 6.07) is 8.50. The van der Waals surface area contributed by atoms with E-state index in [4.69, 9.17) is 29.4 Å². The van der Waals surface area contributed by atoms with Gasteiger partial charge in [-0.1, -0.05) is 32.9 Å². The summed E-state index contributed by atoms with van der Waals surface area (Å²) in [4.78, 5) is 36.3. The van der Waals surface area contributed by atoms with Gasteiger partial charge in [-0.05, 0) is 19.1 Å². The van der Waals surface area contributed by atoms with Crippen LogP contribution in [0.2, 0.25) is 0 Å². The predicted molar refractivity (Wildman–Crippen MR) is 144 cm³/mol. The minimum Gasteiger partial charge on any atom is -0.457 e. The second-order valence-corrected chi connectivity index (χ2v) is 10.3. The fourth-order valence-corrected chi connectivity index (χ4v) is 5.22. The molecule has 0 N–H and O–H groups in total. The molecule has 4 aromatic rings. The second-order valence-electron chi connectivity index (χ2n) is 10.3. The topological polar surface area (TPSA) is 103 Å². The highest BCUT2D eigenvalue weighted by molar-refractivity contribution is 5.86. The highest BCUT2D eigenvalue weighted by Gasteiger charge is 2.42. The summed E-state index contributed by atoms with van der Waals surface area (Å²) >= 11 is 0. The fraction of sp³-hybridized carbons (Fsp3) is 0.519. The molecule has 2 aliphatic rings. The molecule has 2 saturated heterocycles. The summed E-state index contributed by atoms with van der Waals surface area (Å²) < 4.78 is 15.9. The maximum Gasteiger partial charge on any atom is 0.298 e. The van der Waals surface area contributed by atoms with Crippen LogP contribution < -0.4 is 9.64 Å². The Hall–Kier alpha value is -3.73. The quantitative estimate of drug-likeness (QED) is 0.384. The van der Waals surface area contributed by atoms with Crippen molar-refractivity contribution in [3.63, 3.8) is 0 Å². The van der Waals surface area contributed by atoms with Crippen LogP contribution in [-0.2, 0) is 23.0 Å². The number of para-hydroxylation sites is 2. The average Bonchev–Trinajstić information content (AvgIpc) is 3.47. The van der Waals surface area contributed by atoms with Gasteiger partial charge in [0.25, 0.3) is 6.01 Å².